The van der Waals surface area contributed by atoms with Gasteiger partial charge in [-0.05, 0) is 42.9 Å². The van der Waals surface area contributed by atoms with Gasteiger partial charge in [0, 0.05) is 17.1 Å². The molecule has 0 saturated heterocycles. The number of fused-ring (bicyclic) bond motifs is 1. The van der Waals surface area contributed by atoms with Crippen molar-refractivity contribution >= 4 is 10.9 Å². The molecule has 2 nitrogen and oxygen atoms in total. The fourth-order valence-electron chi connectivity index (χ4n) is 2.85. The van der Waals surface area contributed by atoms with Gasteiger partial charge in [-0.1, -0.05) is 48.5 Å². The number of aromatic nitrogens is 1. The summed E-state index contributed by atoms with van der Waals surface area (Å²) in [4.78, 5) is 3.30. The second kappa shape index (κ2) is 6.59. The van der Waals surface area contributed by atoms with E-state index in [2.05, 4.69) is 41.5 Å². The van der Waals surface area contributed by atoms with E-state index in [4.69, 9.17) is 0 Å². The maximum atomic E-state index is 10.1. The molecule has 0 aliphatic heterocycles. The van der Waals surface area contributed by atoms with Crippen molar-refractivity contribution in [3.05, 3.63) is 71.9 Å². The van der Waals surface area contributed by atoms with Gasteiger partial charge < -0.3 is 10.1 Å². The molecule has 0 aliphatic rings. The first-order chi connectivity index (χ1) is 10.3. The van der Waals surface area contributed by atoms with E-state index in [1.54, 1.807) is 0 Å². The summed E-state index contributed by atoms with van der Waals surface area (Å²) in [6, 6.07) is 18.6. The van der Waals surface area contributed by atoms with Crippen LogP contribution in [0.1, 0.15) is 24.0 Å². The van der Waals surface area contributed by atoms with Gasteiger partial charge in [0.05, 0.1) is 6.10 Å². The molecule has 0 radical (unpaired) electrons. The van der Waals surface area contributed by atoms with E-state index >= 15 is 0 Å². The number of rotatable bonds is 6. The van der Waals surface area contributed by atoms with Crippen LogP contribution >= 0.6 is 0 Å². The number of aliphatic hydroxyl groups excluding tert-OH is 1. The minimum absolute atomic E-state index is 0.252. The van der Waals surface area contributed by atoms with Gasteiger partial charge in [-0.25, -0.2) is 0 Å². The standard InChI is InChI=1S/C19H21NO/c21-17(13-15-7-2-1-3-8-15)10-6-9-16-14-20-19-12-5-4-11-18(16)19/h1-5,7-8,11-12,14,17,20-21H,6,9-10,13H2. The SMILES string of the molecule is OC(CCCc1c[nH]c2ccccc12)Cc1ccccc1. The van der Waals surface area contributed by atoms with Crippen LogP contribution in [0, 0.1) is 0 Å². The van der Waals surface area contributed by atoms with Crippen LogP contribution in [0.15, 0.2) is 60.8 Å². The highest BCUT2D eigenvalue weighted by Crippen LogP contribution is 2.20. The van der Waals surface area contributed by atoms with Gasteiger partial charge >= 0.3 is 0 Å². The Hall–Kier alpha value is -2.06. The van der Waals surface area contributed by atoms with Crippen LogP contribution in [0.3, 0.4) is 0 Å². The van der Waals surface area contributed by atoms with Gasteiger partial charge in [0.25, 0.3) is 0 Å². The monoisotopic (exact) mass is 279 g/mol. The van der Waals surface area contributed by atoms with Gasteiger partial charge in [0.2, 0.25) is 0 Å². The molecule has 0 fully saturated rings. The second-order valence-corrected chi connectivity index (χ2v) is 5.60. The van der Waals surface area contributed by atoms with Gasteiger partial charge in [0.1, 0.15) is 0 Å². The van der Waals surface area contributed by atoms with E-state index in [1.165, 1.54) is 22.0 Å². The number of hydrogen-bond acceptors (Lipinski definition) is 1. The number of nitrogens with one attached hydrogen (secondary N) is 1. The Morgan fingerprint density at radius 2 is 1.71 bits per heavy atom. The lowest BCUT2D eigenvalue weighted by Crippen LogP contribution is -2.10. The molecule has 0 saturated carbocycles. The zero-order chi connectivity index (χ0) is 14.5. The lowest BCUT2D eigenvalue weighted by atomic mass is 10.0. The fourth-order valence-corrected chi connectivity index (χ4v) is 2.85. The lowest BCUT2D eigenvalue weighted by Gasteiger charge is -2.10. The van der Waals surface area contributed by atoms with Crippen molar-refractivity contribution in [1.82, 2.24) is 4.98 Å². The maximum Gasteiger partial charge on any atom is 0.0580 e. The van der Waals surface area contributed by atoms with Gasteiger partial charge in [0.15, 0.2) is 0 Å². The predicted molar refractivity (Wildman–Crippen MR) is 87.4 cm³/mol. The maximum absolute atomic E-state index is 10.1. The van der Waals surface area contributed by atoms with Crippen molar-refractivity contribution in [3.8, 4) is 0 Å². The highest BCUT2D eigenvalue weighted by Gasteiger charge is 2.07. The summed E-state index contributed by atoms with van der Waals surface area (Å²) >= 11 is 0. The van der Waals surface area contributed by atoms with Crippen LogP contribution in [-0.4, -0.2) is 16.2 Å². The molecule has 108 valence electrons. The van der Waals surface area contributed by atoms with E-state index < -0.39 is 0 Å². The first-order valence-electron chi connectivity index (χ1n) is 7.60. The lowest BCUT2D eigenvalue weighted by molar-refractivity contribution is 0.162. The summed E-state index contributed by atoms with van der Waals surface area (Å²) in [6.07, 6.45) is 5.45. The summed E-state index contributed by atoms with van der Waals surface area (Å²) in [5.74, 6) is 0. The van der Waals surface area contributed by atoms with Crippen molar-refractivity contribution in [2.24, 2.45) is 0 Å². The molecule has 21 heavy (non-hydrogen) atoms. The van der Waals surface area contributed by atoms with E-state index in [0.29, 0.717) is 0 Å². The largest absolute Gasteiger partial charge is 0.393 e. The number of aromatic amines is 1. The average molecular weight is 279 g/mol. The Morgan fingerprint density at radius 3 is 2.57 bits per heavy atom. The molecule has 1 heterocycles. The first-order valence-corrected chi connectivity index (χ1v) is 7.60. The summed E-state index contributed by atoms with van der Waals surface area (Å²) in [5, 5.41) is 11.4. The second-order valence-electron chi connectivity index (χ2n) is 5.60. The van der Waals surface area contributed by atoms with Crippen LogP contribution in [0.2, 0.25) is 0 Å². The third-order valence-corrected chi connectivity index (χ3v) is 3.97. The summed E-state index contributed by atoms with van der Waals surface area (Å²) in [5.41, 5.74) is 3.74. The Labute approximate surface area is 125 Å². The Bertz CT molecular complexity index is 687. The van der Waals surface area contributed by atoms with Crippen molar-refractivity contribution < 1.29 is 5.11 Å². The van der Waals surface area contributed by atoms with Crippen molar-refractivity contribution in [3.63, 3.8) is 0 Å². The third-order valence-electron chi connectivity index (χ3n) is 3.97. The van der Waals surface area contributed by atoms with Crippen LogP contribution in [0.5, 0.6) is 0 Å². The minimum atomic E-state index is -0.252. The number of aliphatic hydroxyl groups is 1. The topological polar surface area (TPSA) is 36.0 Å². The van der Waals surface area contributed by atoms with Gasteiger partial charge in [-0.3, -0.25) is 0 Å². The first kappa shape index (κ1) is 13.9. The van der Waals surface area contributed by atoms with E-state index in [0.717, 1.165) is 25.7 Å². The van der Waals surface area contributed by atoms with Crippen molar-refractivity contribution in [2.45, 2.75) is 31.8 Å². The molecule has 0 spiro atoms. The third kappa shape index (κ3) is 3.53. The molecular formula is C19H21NO. The van der Waals surface area contributed by atoms with E-state index in [-0.39, 0.29) is 6.10 Å². The fraction of sp³-hybridized carbons (Fsp3) is 0.263. The molecule has 0 amide bonds. The molecule has 2 N–H and O–H groups in total. The highest BCUT2D eigenvalue weighted by molar-refractivity contribution is 5.82. The zero-order valence-corrected chi connectivity index (χ0v) is 12.1. The van der Waals surface area contributed by atoms with Gasteiger partial charge in [-0.2, -0.15) is 0 Å². The van der Waals surface area contributed by atoms with E-state index in [9.17, 15) is 5.11 Å². The van der Waals surface area contributed by atoms with Crippen molar-refractivity contribution in [2.75, 3.05) is 0 Å². The molecule has 1 unspecified atom stereocenters. The molecule has 3 aromatic rings. The number of hydrogen-bond donors (Lipinski definition) is 2. The number of para-hydroxylation sites is 1. The minimum Gasteiger partial charge on any atom is -0.393 e. The zero-order valence-electron chi connectivity index (χ0n) is 12.1. The molecule has 2 aromatic carbocycles. The summed E-state index contributed by atoms with van der Waals surface area (Å²) in [7, 11) is 0. The summed E-state index contributed by atoms with van der Waals surface area (Å²) in [6.45, 7) is 0. The van der Waals surface area contributed by atoms with Crippen LogP contribution < -0.4 is 0 Å². The quantitative estimate of drug-likeness (QED) is 0.700. The molecule has 1 aromatic heterocycles. The molecule has 0 bridgehead atoms. The van der Waals surface area contributed by atoms with Crippen LogP contribution in [0.4, 0.5) is 0 Å². The number of benzene rings is 2. The Balaban J connectivity index is 1.52. The molecule has 3 rings (SSSR count). The normalized spacial score (nSPS) is 12.6. The highest BCUT2D eigenvalue weighted by atomic mass is 16.3. The predicted octanol–water partition coefficient (Wildman–Crippen LogP) is 4.09. The molecule has 2 heteroatoms. The summed E-state index contributed by atoms with van der Waals surface area (Å²) < 4.78 is 0. The van der Waals surface area contributed by atoms with Crippen molar-refractivity contribution in [1.29, 1.82) is 0 Å². The number of aryl methyl sites for hydroxylation is 1. The Kier molecular flexibility index (Phi) is 4.37. The molecule has 1 atom stereocenters. The van der Waals surface area contributed by atoms with Crippen LogP contribution in [0.25, 0.3) is 10.9 Å². The molecule has 0 aliphatic carbocycles. The van der Waals surface area contributed by atoms with Gasteiger partial charge in [-0.15, -0.1) is 0 Å². The average Bonchev–Trinajstić information content (AvgIpc) is 2.92. The van der Waals surface area contributed by atoms with Crippen LogP contribution in [-0.2, 0) is 12.8 Å². The smallest absolute Gasteiger partial charge is 0.0580 e. The Morgan fingerprint density at radius 1 is 0.952 bits per heavy atom. The number of H-pyrrole nitrogens is 1. The van der Waals surface area contributed by atoms with E-state index in [1.807, 2.05) is 24.3 Å². The molecular weight excluding hydrogens is 258 g/mol.